The van der Waals surface area contributed by atoms with Crippen molar-refractivity contribution < 1.29 is 0 Å². The molecule has 5 heteroatoms. The molecule has 0 bridgehead atoms. The molecule has 1 heterocycles. The average Bonchev–Trinajstić information content (AvgIpc) is 3.30. The molecule has 1 saturated heterocycles. The fourth-order valence-electron chi connectivity index (χ4n) is 3.04. The molecule has 20 heavy (non-hydrogen) atoms. The number of piperidine rings is 1. The molecule has 4 nitrogen and oxygen atoms in total. The summed E-state index contributed by atoms with van der Waals surface area (Å²) in [5.74, 6) is 2.00. The Balaban J connectivity index is 0.00000147. The van der Waals surface area contributed by atoms with E-state index >= 15 is 0 Å². The largest absolute Gasteiger partial charge is 0.356 e. The van der Waals surface area contributed by atoms with Crippen LogP contribution in [-0.2, 0) is 0 Å². The minimum Gasteiger partial charge on any atom is -0.356 e. The maximum atomic E-state index is 4.35. The van der Waals surface area contributed by atoms with Gasteiger partial charge in [-0.3, -0.25) is 4.99 Å². The van der Waals surface area contributed by atoms with E-state index in [2.05, 4.69) is 20.5 Å². The molecule has 2 saturated carbocycles. The van der Waals surface area contributed by atoms with Gasteiger partial charge in [-0.15, -0.1) is 24.0 Å². The third-order valence-electron chi connectivity index (χ3n) is 4.70. The lowest BCUT2D eigenvalue weighted by molar-refractivity contribution is 0.197. The van der Waals surface area contributed by atoms with Crippen molar-refractivity contribution in [1.82, 2.24) is 15.5 Å². The van der Waals surface area contributed by atoms with Crippen LogP contribution in [0.1, 0.15) is 44.9 Å². The van der Waals surface area contributed by atoms with E-state index in [9.17, 15) is 0 Å². The molecule has 0 radical (unpaired) electrons. The Morgan fingerprint density at radius 2 is 1.80 bits per heavy atom. The van der Waals surface area contributed by atoms with E-state index in [-0.39, 0.29) is 24.0 Å². The number of guanidine groups is 1. The van der Waals surface area contributed by atoms with Gasteiger partial charge in [-0.05, 0) is 38.0 Å². The van der Waals surface area contributed by atoms with Crippen LogP contribution in [0.25, 0.3) is 0 Å². The zero-order valence-corrected chi connectivity index (χ0v) is 14.9. The second-order valence-electron chi connectivity index (χ2n) is 6.42. The van der Waals surface area contributed by atoms with E-state index in [0.29, 0.717) is 6.04 Å². The summed E-state index contributed by atoms with van der Waals surface area (Å²) in [6.07, 6.45) is 9.58. The summed E-state index contributed by atoms with van der Waals surface area (Å²) in [6, 6.07) is 1.54. The number of aliphatic imine (C=N–C) groups is 1. The number of nitrogens with zero attached hydrogens (tertiary/aromatic N) is 2. The highest BCUT2D eigenvalue weighted by Crippen LogP contribution is 2.31. The highest BCUT2D eigenvalue weighted by Gasteiger charge is 2.31. The summed E-state index contributed by atoms with van der Waals surface area (Å²) >= 11 is 0. The molecule has 2 aliphatic carbocycles. The summed E-state index contributed by atoms with van der Waals surface area (Å²) in [5, 5.41) is 7.05. The number of hydrogen-bond donors (Lipinski definition) is 2. The van der Waals surface area contributed by atoms with Crippen LogP contribution in [0, 0.1) is 5.92 Å². The first-order chi connectivity index (χ1) is 9.35. The standard InChI is InChI=1S/C15H28N4.HI/c1-16-15(17-9-6-12-2-3-12)18-13-7-10-19(11-8-13)14-4-5-14;/h12-14H,2-11H2,1H3,(H2,16,17,18);1H. The van der Waals surface area contributed by atoms with Crippen LogP contribution in [0.15, 0.2) is 4.99 Å². The third kappa shape index (κ3) is 5.06. The molecule has 0 aromatic rings. The molecule has 3 aliphatic rings. The Kier molecular flexibility index (Phi) is 6.39. The van der Waals surface area contributed by atoms with Crippen molar-refractivity contribution in [1.29, 1.82) is 0 Å². The second-order valence-corrected chi connectivity index (χ2v) is 6.42. The molecular formula is C15H29IN4. The Bertz CT molecular complexity index is 318. The van der Waals surface area contributed by atoms with Gasteiger partial charge >= 0.3 is 0 Å². The number of rotatable bonds is 5. The highest BCUT2D eigenvalue weighted by molar-refractivity contribution is 14.0. The summed E-state index contributed by atoms with van der Waals surface area (Å²) < 4.78 is 0. The summed E-state index contributed by atoms with van der Waals surface area (Å²) in [4.78, 5) is 7.01. The minimum atomic E-state index is 0. The van der Waals surface area contributed by atoms with Crippen LogP contribution in [0.3, 0.4) is 0 Å². The molecule has 1 aliphatic heterocycles. The van der Waals surface area contributed by atoms with E-state index < -0.39 is 0 Å². The minimum absolute atomic E-state index is 0. The smallest absolute Gasteiger partial charge is 0.191 e. The topological polar surface area (TPSA) is 39.7 Å². The van der Waals surface area contributed by atoms with Crippen LogP contribution < -0.4 is 10.6 Å². The average molecular weight is 392 g/mol. The van der Waals surface area contributed by atoms with Gasteiger partial charge < -0.3 is 15.5 Å². The van der Waals surface area contributed by atoms with Gasteiger partial charge in [0.05, 0.1) is 0 Å². The first kappa shape index (κ1) is 16.3. The van der Waals surface area contributed by atoms with Crippen molar-refractivity contribution >= 4 is 29.9 Å². The predicted octanol–water partition coefficient (Wildman–Crippen LogP) is 2.20. The molecular weight excluding hydrogens is 363 g/mol. The maximum absolute atomic E-state index is 4.35. The Labute approximate surface area is 140 Å². The number of halogens is 1. The van der Waals surface area contributed by atoms with Crippen molar-refractivity contribution in [2.24, 2.45) is 10.9 Å². The molecule has 0 unspecified atom stereocenters. The summed E-state index contributed by atoms with van der Waals surface area (Å²) in [7, 11) is 1.88. The number of hydrogen-bond acceptors (Lipinski definition) is 2. The van der Waals surface area contributed by atoms with E-state index in [1.54, 1.807) is 0 Å². The fourth-order valence-corrected chi connectivity index (χ4v) is 3.04. The lowest BCUT2D eigenvalue weighted by Crippen LogP contribution is -2.49. The zero-order chi connectivity index (χ0) is 13.1. The summed E-state index contributed by atoms with van der Waals surface area (Å²) in [5.41, 5.74) is 0. The number of likely N-dealkylation sites (tertiary alicyclic amines) is 1. The molecule has 3 fully saturated rings. The van der Waals surface area contributed by atoms with Crippen LogP contribution >= 0.6 is 24.0 Å². The molecule has 0 spiro atoms. The number of nitrogens with one attached hydrogen (secondary N) is 2. The molecule has 2 N–H and O–H groups in total. The van der Waals surface area contributed by atoms with Crippen molar-refractivity contribution in [3.05, 3.63) is 0 Å². The molecule has 0 amide bonds. The monoisotopic (exact) mass is 392 g/mol. The lowest BCUT2D eigenvalue weighted by Gasteiger charge is -2.33. The maximum Gasteiger partial charge on any atom is 0.191 e. The fraction of sp³-hybridized carbons (Fsp3) is 0.933. The predicted molar refractivity (Wildman–Crippen MR) is 94.9 cm³/mol. The molecule has 116 valence electrons. The molecule has 0 aromatic carbocycles. The van der Waals surface area contributed by atoms with Gasteiger partial charge in [-0.25, -0.2) is 0 Å². The van der Waals surface area contributed by atoms with Crippen molar-refractivity contribution in [3.8, 4) is 0 Å². The second kappa shape index (κ2) is 7.82. The SMILES string of the molecule is CN=C(NCCC1CC1)NC1CCN(C2CC2)CC1.I. The molecule has 0 aromatic heterocycles. The van der Waals surface area contributed by atoms with Gasteiger partial charge in [0.25, 0.3) is 0 Å². The quantitative estimate of drug-likeness (QED) is 0.428. The lowest BCUT2D eigenvalue weighted by atomic mass is 10.1. The van der Waals surface area contributed by atoms with E-state index in [1.165, 1.54) is 58.0 Å². The summed E-state index contributed by atoms with van der Waals surface area (Å²) in [6.45, 7) is 3.61. The molecule has 3 rings (SSSR count). The van der Waals surface area contributed by atoms with Crippen molar-refractivity contribution in [3.63, 3.8) is 0 Å². The van der Waals surface area contributed by atoms with E-state index in [1.807, 2.05) is 7.05 Å². The third-order valence-corrected chi connectivity index (χ3v) is 4.70. The van der Waals surface area contributed by atoms with E-state index in [0.717, 1.165) is 24.5 Å². The van der Waals surface area contributed by atoms with Crippen LogP contribution in [-0.4, -0.2) is 49.6 Å². The van der Waals surface area contributed by atoms with Crippen molar-refractivity contribution in [2.75, 3.05) is 26.7 Å². The Morgan fingerprint density at radius 3 is 2.35 bits per heavy atom. The Hall–Kier alpha value is -0.0400. The van der Waals surface area contributed by atoms with E-state index in [4.69, 9.17) is 0 Å². The first-order valence-electron chi connectivity index (χ1n) is 8.06. The zero-order valence-electron chi connectivity index (χ0n) is 12.6. The normalized spacial score (nSPS) is 25.1. The molecule has 0 atom stereocenters. The van der Waals surface area contributed by atoms with Gasteiger partial charge in [0.1, 0.15) is 0 Å². The van der Waals surface area contributed by atoms with Gasteiger partial charge in [-0.1, -0.05) is 12.8 Å². The van der Waals surface area contributed by atoms with Gasteiger partial charge in [0.2, 0.25) is 0 Å². The van der Waals surface area contributed by atoms with Gasteiger partial charge in [0, 0.05) is 38.8 Å². The van der Waals surface area contributed by atoms with Crippen LogP contribution in [0.2, 0.25) is 0 Å². The first-order valence-corrected chi connectivity index (χ1v) is 8.06. The van der Waals surface area contributed by atoms with Crippen LogP contribution in [0.5, 0.6) is 0 Å². The van der Waals surface area contributed by atoms with Gasteiger partial charge in [0.15, 0.2) is 5.96 Å². The Morgan fingerprint density at radius 1 is 1.10 bits per heavy atom. The highest BCUT2D eigenvalue weighted by atomic mass is 127. The van der Waals surface area contributed by atoms with Crippen LogP contribution in [0.4, 0.5) is 0 Å². The van der Waals surface area contributed by atoms with Gasteiger partial charge in [-0.2, -0.15) is 0 Å². The van der Waals surface area contributed by atoms with Crippen molar-refractivity contribution in [2.45, 2.75) is 57.0 Å².